The molecule has 7 nitrogen and oxygen atoms in total. The summed E-state index contributed by atoms with van der Waals surface area (Å²) in [6.07, 6.45) is 1.13. The number of hydrogen-bond donors (Lipinski definition) is 3. The Labute approximate surface area is 180 Å². The van der Waals surface area contributed by atoms with Crippen molar-refractivity contribution in [3.63, 3.8) is 0 Å². The number of fused-ring (bicyclic) bond motifs is 1. The average molecular weight is 424 g/mol. The molecule has 0 saturated carbocycles. The number of anilines is 1. The number of amides is 3. The molecule has 1 spiro atoms. The predicted molar refractivity (Wildman–Crippen MR) is 114 cm³/mol. The highest BCUT2D eigenvalue weighted by atomic mass is 19.1. The van der Waals surface area contributed by atoms with Gasteiger partial charge in [0.15, 0.2) is 0 Å². The highest BCUT2D eigenvalue weighted by molar-refractivity contribution is 6.02. The highest BCUT2D eigenvalue weighted by Crippen LogP contribution is 2.32. The average Bonchev–Trinajstić information content (AvgIpc) is 2.91. The van der Waals surface area contributed by atoms with E-state index in [2.05, 4.69) is 16.0 Å². The van der Waals surface area contributed by atoms with Crippen LogP contribution in [0.5, 0.6) is 0 Å². The number of nitrogens with one attached hydrogen (secondary N) is 3. The Bertz CT molecular complexity index is 1010. The Kier molecular flexibility index (Phi) is 5.63. The van der Waals surface area contributed by atoms with Gasteiger partial charge in [0, 0.05) is 31.6 Å². The first kappa shape index (κ1) is 20.8. The molecule has 2 aliphatic rings. The van der Waals surface area contributed by atoms with E-state index in [0.717, 1.165) is 11.3 Å². The van der Waals surface area contributed by atoms with Gasteiger partial charge in [0.1, 0.15) is 17.5 Å². The Morgan fingerprint density at radius 3 is 2.65 bits per heavy atom. The topological polar surface area (TPSA) is 90.5 Å². The molecule has 1 fully saturated rings. The second-order valence-corrected chi connectivity index (χ2v) is 8.06. The zero-order valence-corrected chi connectivity index (χ0v) is 17.3. The van der Waals surface area contributed by atoms with Crippen molar-refractivity contribution in [1.29, 1.82) is 0 Å². The summed E-state index contributed by atoms with van der Waals surface area (Å²) in [5.74, 6) is -0.908. The lowest BCUT2D eigenvalue weighted by atomic mass is 9.95. The summed E-state index contributed by atoms with van der Waals surface area (Å²) in [5.41, 5.74) is 1.38. The monoisotopic (exact) mass is 424 g/mol. The maximum atomic E-state index is 13.0. The Balaban J connectivity index is 1.41. The molecule has 2 aromatic rings. The van der Waals surface area contributed by atoms with Gasteiger partial charge < -0.3 is 20.9 Å². The molecule has 2 heterocycles. The first-order valence-corrected chi connectivity index (χ1v) is 10.4. The lowest BCUT2D eigenvalue weighted by Gasteiger charge is -2.40. The molecule has 3 N–H and O–H groups in total. The van der Waals surface area contributed by atoms with Gasteiger partial charge in [-0.3, -0.25) is 14.4 Å². The van der Waals surface area contributed by atoms with Gasteiger partial charge in [-0.2, -0.15) is 0 Å². The molecule has 0 radical (unpaired) electrons. The van der Waals surface area contributed by atoms with Crippen molar-refractivity contribution in [1.82, 2.24) is 15.5 Å². The van der Waals surface area contributed by atoms with Crippen LogP contribution in [0.4, 0.5) is 10.1 Å². The Morgan fingerprint density at radius 1 is 1.13 bits per heavy atom. The third-order valence-corrected chi connectivity index (χ3v) is 5.99. The number of carbonyl (C=O) groups excluding carboxylic acids is 3. The van der Waals surface area contributed by atoms with Crippen LogP contribution in [0.3, 0.4) is 0 Å². The van der Waals surface area contributed by atoms with Gasteiger partial charge in [0.25, 0.3) is 5.91 Å². The SMILES string of the molecule is C[C@@H](C(=O)NCc1ccc(F)cc1)N1CC[C@]2(CCC1=O)NC(=O)c1ccccc1N2. The lowest BCUT2D eigenvalue weighted by molar-refractivity contribution is -0.139. The van der Waals surface area contributed by atoms with Crippen LogP contribution in [0.1, 0.15) is 42.1 Å². The van der Waals surface area contributed by atoms with E-state index in [1.807, 2.05) is 18.2 Å². The van der Waals surface area contributed by atoms with E-state index < -0.39 is 11.7 Å². The number of benzene rings is 2. The minimum atomic E-state index is -0.722. The summed E-state index contributed by atoms with van der Waals surface area (Å²) < 4.78 is 13.0. The molecule has 0 aliphatic carbocycles. The first-order valence-electron chi connectivity index (χ1n) is 10.4. The van der Waals surface area contributed by atoms with E-state index in [0.29, 0.717) is 24.9 Å². The molecule has 3 amide bonds. The third-order valence-electron chi connectivity index (χ3n) is 5.99. The fraction of sp³-hybridized carbons (Fsp3) is 0.348. The molecule has 162 valence electrons. The number of carbonyl (C=O) groups is 3. The largest absolute Gasteiger partial charge is 0.362 e. The predicted octanol–water partition coefficient (Wildman–Crippen LogP) is 2.39. The lowest BCUT2D eigenvalue weighted by Crippen LogP contribution is -2.58. The quantitative estimate of drug-likeness (QED) is 0.703. The van der Waals surface area contributed by atoms with Gasteiger partial charge in [-0.15, -0.1) is 0 Å². The van der Waals surface area contributed by atoms with Crippen LogP contribution < -0.4 is 16.0 Å². The maximum Gasteiger partial charge on any atom is 0.255 e. The molecule has 2 aromatic carbocycles. The summed E-state index contributed by atoms with van der Waals surface area (Å²) in [5, 5.41) is 9.24. The number of hydrogen-bond acceptors (Lipinski definition) is 4. The summed E-state index contributed by atoms with van der Waals surface area (Å²) in [4.78, 5) is 39.6. The minimum absolute atomic E-state index is 0.129. The van der Waals surface area contributed by atoms with Crippen LogP contribution in [0.15, 0.2) is 48.5 Å². The van der Waals surface area contributed by atoms with Gasteiger partial charge in [-0.25, -0.2) is 4.39 Å². The fourth-order valence-corrected chi connectivity index (χ4v) is 4.13. The van der Waals surface area contributed by atoms with Crippen molar-refractivity contribution in [3.8, 4) is 0 Å². The normalized spacial score (nSPS) is 21.5. The number of nitrogens with zero attached hydrogens (tertiary/aromatic N) is 1. The van der Waals surface area contributed by atoms with Gasteiger partial charge in [-0.1, -0.05) is 24.3 Å². The molecule has 8 heteroatoms. The van der Waals surface area contributed by atoms with Crippen LogP contribution in [0.2, 0.25) is 0 Å². The molecule has 31 heavy (non-hydrogen) atoms. The number of rotatable bonds is 4. The van der Waals surface area contributed by atoms with E-state index in [4.69, 9.17) is 0 Å². The standard InChI is InChI=1S/C23H25FN4O3/c1-15(21(30)25-14-16-6-8-17(24)9-7-16)28-13-12-23(11-10-20(28)29)26-19-5-3-2-4-18(19)22(31)27-23/h2-9,15,26H,10-14H2,1H3,(H,25,30)(H,27,31)/t15-,23-/m0/s1. The second-order valence-electron chi connectivity index (χ2n) is 8.06. The van der Waals surface area contributed by atoms with Gasteiger partial charge in [0.2, 0.25) is 11.8 Å². The van der Waals surface area contributed by atoms with Crippen molar-refractivity contribution in [2.45, 2.75) is 44.4 Å². The zero-order chi connectivity index (χ0) is 22.0. The van der Waals surface area contributed by atoms with E-state index in [-0.39, 0.29) is 36.5 Å². The smallest absolute Gasteiger partial charge is 0.255 e. The summed E-state index contributed by atoms with van der Waals surface area (Å²) in [7, 11) is 0. The summed E-state index contributed by atoms with van der Waals surface area (Å²) in [6, 6.07) is 12.5. The summed E-state index contributed by atoms with van der Waals surface area (Å²) in [6.45, 7) is 2.28. The van der Waals surface area contributed by atoms with Crippen molar-refractivity contribution in [3.05, 3.63) is 65.5 Å². The summed E-state index contributed by atoms with van der Waals surface area (Å²) >= 11 is 0. The molecule has 0 unspecified atom stereocenters. The maximum absolute atomic E-state index is 13.0. The van der Waals surface area contributed by atoms with Crippen LogP contribution in [0.25, 0.3) is 0 Å². The van der Waals surface area contributed by atoms with Gasteiger partial charge in [0.05, 0.1) is 5.56 Å². The molecule has 2 aliphatic heterocycles. The van der Waals surface area contributed by atoms with E-state index in [1.54, 1.807) is 30.0 Å². The van der Waals surface area contributed by atoms with Crippen LogP contribution in [-0.2, 0) is 16.1 Å². The van der Waals surface area contributed by atoms with Gasteiger partial charge in [-0.05, 0) is 43.2 Å². The molecule has 2 atom stereocenters. The molecule has 4 rings (SSSR count). The van der Waals surface area contributed by atoms with Crippen molar-refractivity contribution in [2.24, 2.45) is 0 Å². The van der Waals surface area contributed by atoms with Crippen LogP contribution in [-0.4, -0.2) is 40.9 Å². The fourth-order valence-electron chi connectivity index (χ4n) is 4.13. The molecule has 0 bridgehead atoms. The molecular formula is C23H25FN4O3. The van der Waals surface area contributed by atoms with Crippen LogP contribution >= 0.6 is 0 Å². The van der Waals surface area contributed by atoms with Crippen molar-refractivity contribution in [2.75, 3.05) is 11.9 Å². The van der Waals surface area contributed by atoms with E-state index in [9.17, 15) is 18.8 Å². The first-order chi connectivity index (χ1) is 14.9. The van der Waals surface area contributed by atoms with E-state index >= 15 is 0 Å². The molecule has 1 saturated heterocycles. The minimum Gasteiger partial charge on any atom is -0.362 e. The van der Waals surface area contributed by atoms with Gasteiger partial charge >= 0.3 is 0 Å². The zero-order valence-electron chi connectivity index (χ0n) is 17.3. The van der Waals surface area contributed by atoms with E-state index in [1.165, 1.54) is 12.1 Å². The van der Waals surface area contributed by atoms with Crippen LogP contribution in [0, 0.1) is 5.82 Å². The Morgan fingerprint density at radius 2 is 1.87 bits per heavy atom. The second kappa shape index (κ2) is 8.37. The number of likely N-dealkylation sites (tertiary alicyclic amines) is 1. The number of halogens is 1. The number of para-hydroxylation sites is 1. The van der Waals surface area contributed by atoms with Crippen molar-refractivity contribution < 1.29 is 18.8 Å². The molecule has 0 aromatic heterocycles. The van der Waals surface area contributed by atoms with Crippen molar-refractivity contribution >= 4 is 23.4 Å². The Hall–Kier alpha value is -3.42. The third kappa shape index (κ3) is 4.38. The molecular weight excluding hydrogens is 399 g/mol. The highest BCUT2D eigenvalue weighted by Gasteiger charge is 2.41.